The molecule has 0 aromatic carbocycles. The number of nitrogens with one attached hydrogen (secondary N) is 1. The van der Waals surface area contributed by atoms with Crippen molar-refractivity contribution in [1.29, 1.82) is 0 Å². The highest BCUT2D eigenvalue weighted by molar-refractivity contribution is 5.76. The van der Waals surface area contributed by atoms with Crippen LogP contribution in [-0.2, 0) is 9.53 Å². The summed E-state index contributed by atoms with van der Waals surface area (Å²) in [7, 11) is 1.64. The summed E-state index contributed by atoms with van der Waals surface area (Å²) in [5.74, 6) is 0.988. The van der Waals surface area contributed by atoms with E-state index in [2.05, 4.69) is 17.1 Å². The fourth-order valence-electron chi connectivity index (χ4n) is 1.93. The summed E-state index contributed by atoms with van der Waals surface area (Å²) in [6.07, 6.45) is 3.15. The number of rotatable bonds is 6. The summed E-state index contributed by atoms with van der Waals surface area (Å²) >= 11 is 0. The fraction of sp³-hybridized carbons (Fsp3) is 0.917. The van der Waals surface area contributed by atoms with Crippen molar-refractivity contribution in [3.8, 4) is 0 Å². The predicted octanol–water partition coefficient (Wildman–Crippen LogP) is 0.871. The number of carbonyl (C=O) groups excluding carboxylic acids is 1. The number of carbonyl (C=O) groups is 1. The molecule has 0 unspecified atom stereocenters. The fourth-order valence-corrected chi connectivity index (χ4v) is 1.93. The Kier molecular flexibility index (Phi) is 6.42. The molecule has 0 aliphatic carbocycles. The average Bonchev–Trinajstić information content (AvgIpc) is 2.29. The monoisotopic (exact) mass is 228 g/mol. The minimum atomic E-state index is 0.135. The number of piperidine rings is 1. The standard InChI is InChI=1S/C12H24N2O2/c1-11-3-7-14(8-4-11)9-5-12(15)13-6-10-16-2/h11H,3-10H2,1-2H3,(H,13,15). The highest BCUT2D eigenvalue weighted by Crippen LogP contribution is 2.15. The van der Waals surface area contributed by atoms with Gasteiger partial charge in [-0.05, 0) is 31.8 Å². The van der Waals surface area contributed by atoms with Crippen molar-refractivity contribution in [3.63, 3.8) is 0 Å². The van der Waals surface area contributed by atoms with Crippen LogP contribution in [-0.4, -0.2) is 50.7 Å². The van der Waals surface area contributed by atoms with Crippen LogP contribution in [0.2, 0.25) is 0 Å². The number of methoxy groups -OCH3 is 1. The molecule has 4 nitrogen and oxygen atoms in total. The smallest absolute Gasteiger partial charge is 0.221 e. The van der Waals surface area contributed by atoms with E-state index < -0.39 is 0 Å². The van der Waals surface area contributed by atoms with Gasteiger partial charge < -0.3 is 15.0 Å². The van der Waals surface area contributed by atoms with Crippen LogP contribution in [0.5, 0.6) is 0 Å². The van der Waals surface area contributed by atoms with Gasteiger partial charge in [-0.2, -0.15) is 0 Å². The third-order valence-electron chi connectivity index (χ3n) is 3.16. The van der Waals surface area contributed by atoms with Gasteiger partial charge in [-0.3, -0.25) is 4.79 Å². The Morgan fingerprint density at radius 2 is 2.12 bits per heavy atom. The van der Waals surface area contributed by atoms with Crippen LogP contribution in [0.1, 0.15) is 26.2 Å². The first kappa shape index (κ1) is 13.5. The number of amides is 1. The number of hydrogen-bond donors (Lipinski definition) is 1. The van der Waals surface area contributed by atoms with E-state index in [0.717, 1.165) is 25.6 Å². The van der Waals surface area contributed by atoms with E-state index in [1.165, 1.54) is 12.8 Å². The van der Waals surface area contributed by atoms with Gasteiger partial charge in [-0.15, -0.1) is 0 Å². The lowest BCUT2D eigenvalue weighted by molar-refractivity contribution is -0.121. The van der Waals surface area contributed by atoms with Gasteiger partial charge in [-0.1, -0.05) is 6.92 Å². The Bertz CT molecular complexity index is 201. The molecule has 0 radical (unpaired) electrons. The number of hydrogen-bond acceptors (Lipinski definition) is 3. The summed E-state index contributed by atoms with van der Waals surface area (Å²) < 4.78 is 4.87. The zero-order valence-corrected chi connectivity index (χ0v) is 10.5. The molecular weight excluding hydrogens is 204 g/mol. The molecule has 1 aliphatic rings. The molecule has 1 N–H and O–H groups in total. The second-order valence-electron chi connectivity index (χ2n) is 4.62. The lowest BCUT2D eigenvalue weighted by atomic mass is 9.99. The van der Waals surface area contributed by atoms with Crippen molar-refractivity contribution >= 4 is 5.91 Å². The maximum atomic E-state index is 11.4. The highest BCUT2D eigenvalue weighted by Gasteiger charge is 2.15. The number of likely N-dealkylation sites (tertiary alicyclic amines) is 1. The van der Waals surface area contributed by atoms with Crippen LogP contribution < -0.4 is 5.32 Å². The first-order valence-electron chi connectivity index (χ1n) is 6.20. The summed E-state index contributed by atoms with van der Waals surface area (Å²) in [6.45, 7) is 6.69. The van der Waals surface area contributed by atoms with Crippen LogP contribution in [0.4, 0.5) is 0 Å². The second kappa shape index (κ2) is 7.63. The molecule has 0 aromatic rings. The van der Waals surface area contributed by atoms with Crippen LogP contribution in [0.15, 0.2) is 0 Å². The molecular formula is C12H24N2O2. The molecule has 0 aromatic heterocycles. The maximum absolute atomic E-state index is 11.4. The quantitative estimate of drug-likeness (QED) is 0.686. The zero-order valence-electron chi connectivity index (χ0n) is 10.5. The topological polar surface area (TPSA) is 41.6 Å². The van der Waals surface area contributed by atoms with Crippen LogP contribution in [0.25, 0.3) is 0 Å². The number of nitrogens with zero attached hydrogens (tertiary/aromatic N) is 1. The van der Waals surface area contributed by atoms with E-state index >= 15 is 0 Å². The molecule has 0 saturated carbocycles. The van der Waals surface area contributed by atoms with Crippen molar-refractivity contribution in [2.45, 2.75) is 26.2 Å². The minimum absolute atomic E-state index is 0.135. The average molecular weight is 228 g/mol. The third-order valence-corrected chi connectivity index (χ3v) is 3.16. The molecule has 1 heterocycles. The molecule has 0 spiro atoms. The van der Waals surface area contributed by atoms with Crippen molar-refractivity contribution in [3.05, 3.63) is 0 Å². The Morgan fingerprint density at radius 1 is 1.44 bits per heavy atom. The molecule has 1 rings (SSSR count). The Balaban J connectivity index is 2.03. The van der Waals surface area contributed by atoms with Gasteiger partial charge in [0.05, 0.1) is 6.61 Å². The van der Waals surface area contributed by atoms with Crippen LogP contribution in [0, 0.1) is 5.92 Å². The molecule has 94 valence electrons. The predicted molar refractivity (Wildman–Crippen MR) is 64.3 cm³/mol. The van der Waals surface area contributed by atoms with Gasteiger partial charge in [0, 0.05) is 26.6 Å². The Morgan fingerprint density at radius 3 is 2.75 bits per heavy atom. The van der Waals surface area contributed by atoms with Gasteiger partial charge in [0.1, 0.15) is 0 Å². The Labute approximate surface area is 98.3 Å². The lowest BCUT2D eigenvalue weighted by Crippen LogP contribution is -2.36. The van der Waals surface area contributed by atoms with E-state index in [-0.39, 0.29) is 5.91 Å². The Hall–Kier alpha value is -0.610. The van der Waals surface area contributed by atoms with E-state index in [0.29, 0.717) is 19.6 Å². The molecule has 1 amide bonds. The van der Waals surface area contributed by atoms with Gasteiger partial charge >= 0.3 is 0 Å². The highest BCUT2D eigenvalue weighted by atomic mass is 16.5. The van der Waals surface area contributed by atoms with E-state index in [4.69, 9.17) is 4.74 Å². The lowest BCUT2D eigenvalue weighted by Gasteiger charge is -2.29. The van der Waals surface area contributed by atoms with Gasteiger partial charge in [-0.25, -0.2) is 0 Å². The SMILES string of the molecule is COCCNC(=O)CCN1CCC(C)CC1. The van der Waals surface area contributed by atoms with Crippen molar-refractivity contribution in [2.24, 2.45) is 5.92 Å². The number of ether oxygens (including phenoxy) is 1. The first-order chi connectivity index (χ1) is 7.72. The largest absolute Gasteiger partial charge is 0.383 e. The van der Waals surface area contributed by atoms with Gasteiger partial charge in [0.2, 0.25) is 5.91 Å². The zero-order chi connectivity index (χ0) is 11.8. The first-order valence-corrected chi connectivity index (χ1v) is 6.20. The van der Waals surface area contributed by atoms with Crippen molar-refractivity contribution in [1.82, 2.24) is 10.2 Å². The summed E-state index contributed by atoms with van der Waals surface area (Å²) in [5.41, 5.74) is 0. The normalized spacial score (nSPS) is 18.6. The van der Waals surface area contributed by atoms with Gasteiger partial charge in [0.25, 0.3) is 0 Å². The second-order valence-corrected chi connectivity index (χ2v) is 4.62. The summed E-state index contributed by atoms with van der Waals surface area (Å²) in [4.78, 5) is 13.8. The van der Waals surface area contributed by atoms with E-state index in [1.54, 1.807) is 7.11 Å². The molecule has 1 saturated heterocycles. The van der Waals surface area contributed by atoms with Gasteiger partial charge in [0.15, 0.2) is 0 Å². The van der Waals surface area contributed by atoms with E-state index in [9.17, 15) is 4.79 Å². The molecule has 16 heavy (non-hydrogen) atoms. The third kappa shape index (κ3) is 5.47. The summed E-state index contributed by atoms with van der Waals surface area (Å²) in [5, 5.41) is 2.84. The van der Waals surface area contributed by atoms with Crippen molar-refractivity contribution in [2.75, 3.05) is 39.9 Å². The molecule has 0 bridgehead atoms. The maximum Gasteiger partial charge on any atom is 0.221 e. The summed E-state index contributed by atoms with van der Waals surface area (Å²) in [6, 6.07) is 0. The molecule has 1 aliphatic heterocycles. The van der Waals surface area contributed by atoms with Crippen LogP contribution >= 0.6 is 0 Å². The van der Waals surface area contributed by atoms with Crippen LogP contribution in [0.3, 0.4) is 0 Å². The van der Waals surface area contributed by atoms with Crippen molar-refractivity contribution < 1.29 is 9.53 Å². The molecule has 0 atom stereocenters. The molecule has 4 heteroatoms. The molecule has 1 fully saturated rings. The minimum Gasteiger partial charge on any atom is -0.383 e. The van der Waals surface area contributed by atoms with E-state index in [1.807, 2.05) is 0 Å².